The first-order valence-corrected chi connectivity index (χ1v) is 11.8. The summed E-state index contributed by atoms with van der Waals surface area (Å²) < 4.78 is 9.63. The second-order valence-corrected chi connectivity index (χ2v) is 8.05. The molecule has 0 aliphatic carbocycles. The number of amidine groups is 1. The molecule has 1 unspecified atom stereocenters. The summed E-state index contributed by atoms with van der Waals surface area (Å²) in [7, 11) is 1.67. The van der Waals surface area contributed by atoms with Crippen molar-refractivity contribution in [2.45, 2.75) is 26.3 Å². The number of rotatable bonds is 8. The Hall–Kier alpha value is -3.20. The van der Waals surface area contributed by atoms with Crippen LogP contribution in [0.5, 0.6) is 5.75 Å². The van der Waals surface area contributed by atoms with E-state index in [-0.39, 0.29) is 18.3 Å². The van der Waals surface area contributed by atoms with Crippen LogP contribution in [0.3, 0.4) is 0 Å². The van der Waals surface area contributed by atoms with Crippen molar-refractivity contribution in [2.24, 2.45) is 11.5 Å². The minimum Gasteiger partial charge on any atom is -0.497 e. The van der Waals surface area contributed by atoms with E-state index in [9.17, 15) is 4.79 Å². The molecule has 1 heterocycles. The number of nitrogens with zero attached hydrogens (tertiary/aromatic N) is 1. The predicted octanol–water partition coefficient (Wildman–Crippen LogP) is 2.54. The molecule has 1 saturated heterocycles. The van der Waals surface area contributed by atoms with Gasteiger partial charge in [0.2, 0.25) is 0 Å². The van der Waals surface area contributed by atoms with Crippen LogP contribution in [0.25, 0.3) is 0 Å². The lowest BCUT2D eigenvalue weighted by Gasteiger charge is -2.30. The molecule has 35 heavy (non-hydrogen) atoms. The minimum atomic E-state index is -0.345. The number of carbonyl (C=O) groups is 1. The van der Waals surface area contributed by atoms with Crippen LogP contribution < -0.4 is 21.5 Å². The molecule has 2 aromatic carbocycles. The van der Waals surface area contributed by atoms with Crippen molar-refractivity contribution < 1.29 is 14.3 Å². The maximum absolute atomic E-state index is 10.1. The van der Waals surface area contributed by atoms with E-state index in [0.29, 0.717) is 12.6 Å². The average molecular weight is 484 g/mol. The molecule has 1 fully saturated rings. The number of nitrogens with two attached hydrogens (primary N) is 2. The van der Waals surface area contributed by atoms with Crippen LogP contribution in [0.4, 0.5) is 0 Å². The maximum Gasteiger partial charge on any atom is 0.319 e. The molecule has 0 radical (unpaired) electrons. The van der Waals surface area contributed by atoms with Gasteiger partial charge in [0, 0.05) is 37.8 Å². The molecule has 1 atom stereocenters. The first kappa shape index (κ1) is 29.8. The SMILES string of the molecule is C=CCN1CCNC(C)C1.CCOC(=O)CN.COc1cccc(Cc2ccc(C(=N)N)cc2)c1. The molecule has 8 nitrogen and oxygen atoms in total. The fourth-order valence-corrected chi connectivity index (χ4v) is 3.40. The molecule has 0 spiro atoms. The van der Waals surface area contributed by atoms with Crippen LogP contribution in [0.15, 0.2) is 61.2 Å². The molecule has 192 valence electrons. The fourth-order valence-electron chi connectivity index (χ4n) is 3.40. The number of hydrogen-bond donors (Lipinski definition) is 4. The summed E-state index contributed by atoms with van der Waals surface area (Å²) in [6.07, 6.45) is 2.81. The van der Waals surface area contributed by atoms with Gasteiger partial charge >= 0.3 is 5.97 Å². The van der Waals surface area contributed by atoms with Gasteiger partial charge in [0.15, 0.2) is 0 Å². The van der Waals surface area contributed by atoms with Gasteiger partial charge in [-0.15, -0.1) is 6.58 Å². The number of nitrogen functional groups attached to an aromatic ring is 1. The quantitative estimate of drug-likeness (QED) is 0.197. The zero-order valence-corrected chi connectivity index (χ0v) is 21.3. The van der Waals surface area contributed by atoms with Crippen LogP contribution in [-0.2, 0) is 16.0 Å². The van der Waals surface area contributed by atoms with Crippen molar-refractivity contribution in [3.8, 4) is 5.75 Å². The van der Waals surface area contributed by atoms with Gasteiger partial charge in [-0.1, -0.05) is 42.5 Å². The normalized spacial score (nSPS) is 14.9. The van der Waals surface area contributed by atoms with Gasteiger partial charge in [-0.3, -0.25) is 15.1 Å². The Kier molecular flexibility index (Phi) is 14.7. The zero-order chi connectivity index (χ0) is 26.1. The Labute approximate surface area is 209 Å². The van der Waals surface area contributed by atoms with Crippen molar-refractivity contribution in [3.05, 3.63) is 77.9 Å². The summed E-state index contributed by atoms with van der Waals surface area (Å²) in [6, 6.07) is 16.4. The number of piperazine rings is 1. The summed E-state index contributed by atoms with van der Waals surface area (Å²) >= 11 is 0. The van der Waals surface area contributed by atoms with Gasteiger partial charge in [-0.2, -0.15) is 0 Å². The van der Waals surface area contributed by atoms with Crippen LogP contribution in [-0.4, -0.2) is 69.2 Å². The third-order valence-electron chi connectivity index (χ3n) is 5.12. The number of hydrogen-bond acceptors (Lipinski definition) is 7. The largest absolute Gasteiger partial charge is 0.497 e. The lowest BCUT2D eigenvalue weighted by Crippen LogP contribution is -2.49. The molecule has 0 amide bonds. The number of esters is 1. The number of carbonyl (C=O) groups excluding carboxylic acids is 1. The molecule has 0 saturated carbocycles. The number of nitrogens with one attached hydrogen (secondary N) is 2. The number of methoxy groups -OCH3 is 1. The highest BCUT2D eigenvalue weighted by molar-refractivity contribution is 5.94. The monoisotopic (exact) mass is 483 g/mol. The third kappa shape index (κ3) is 12.7. The molecular weight excluding hydrogens is 442 g/mol. The second kappa shape index (κ2) is 17.3. The molecule has 0 bridgehead atoms. The van der Waals surface area contributed by atoms with E-state index < -0.39 is 0 Å². The van der Waals surface area contributed by atoms with E-state index in [2.05, 4.69) is 34.5 Å². The van der Waals surface area contributed by atoms with E-state index in [1.807, 2.05) is 48.5 Å². The molecule has 8 heteroatoms. The third-order valence-corrected chi connectivity index (χ3v) is 5.12. The van der Waals surface area contributed by atoms with Crippen molar-refractivity contribution in [1.82, 2.24) is 10.2 Å². The van der Waals surface area contributed by atoms with Gasteiger partial charge in [0.05, 0.1) is 20.3 Å². The highest BCUT2D eigenvalue weighted by atomic mass is 16.5. The topological polar surface area (TPSA) is 127 Å². The van der Waals surface area contributed by atoms with Crippen LogP contribution in [0.2, 0.25) is 0 Å². The molecule has 0 aromatic heterocycles. The summed E-state index contributed by atoms with van der Waals surface area (Å²) in [5.41, 5.74) is 13.4. The lowest BCUT2D eigenvalue weighted by molar-refractivity contribution is -0.141. The highest BCUT2D eigenvalue weighted by Crippen LogP contribution is 2.16. The maximum atomic E-state index is 10.1. The van der Waals surface area contributed by atoms with Gasteiger partial charge < -0.3 is 26.3 Å². The Balaban J connectivity index is 0.000000303. The van der Waals surface area contributed by atoms with Crippen molar-refractivity contribution >= 4 is 11.8 Å². The molecule has 6 N–H and O–H groups in total. The van der Waals surface area contributed by atoms with Crippen molar-refractivity contribution in [1.29, 1.82) is 5.41 Å². The molecule has 1 aliphatic heterocycles. The smallest absolute Gasteiger partial charge is 0.319 e. The first-order valence-electron chi connectivity index (χ1n) is 11.8. The Morgan fingerprint density at radius 1 is 1.26 bits per heavy atom. The molecular formula is C27H41N5O3. The van der Waals surface area contributed by atoms with Crippen molar-refractivity contribution in [2.75, 3.05) is 46.4 Å². The van der Waals surface area contributed by atoms with E-state index in [4.69, 9.17) is 21.6 Å². The van der Waals surface area contributed by atoms with Crippen molar-refractivity contribution in [3.63, 3.8) is 0 Å². The summed E-state index contributed by atoms with van der Waals surface area (Å²) in [5.74, 6) is 0.623. The van der Waals surface area contributed by atoms with E-state index in [0.717, 1.165) is 43.9 Å². The Morgan fingerprint density at radius 2 is 1.97 bits per heavy atom. The van der Waals surface area contributed by atoms with Crippen LogP contribution in [0, 0.1) is 5.41 Å². The van der Waals surface area contributed by atoms with Gasteiger partial charge in [-0.05, 0) is 43.5 Å². The predicted molar refractivity (Wildman–Crippen MR) is 143 cm³/mol. The van der Waals surface area contributed by atoms with E-state index in [1.165, 1.54) is 11.1 Å². The van der Waals surface area contributed by atoms with Crippen LogP contribution in [0.1, 0.15) is 30.5 Å². The molecule has 2 aromatic rings. The fraction of sp³-hybridized carbons (Fsp3) is 0.407. The van der Waals surface area contributed by atoms with E-state index in [1.54, 1.807) is 14.0 Å². The van der Waals surface area contributed by atoms with E-state index >= 15 is 0 Å². The minimum absolute atomic E-state index is 0.0200. The van der Waals surface area contributed by atoms with Gasteiger partial charge in [0.25, 0.3) is 0 Å². The molecule has 3 rings (SSSR count). The summed E-state index contributed by atoms with van der Waals surface area (Å²) in [5, 5.41) is 10.7. The highest BCUT2D eigenvalue weighted by Gasteiger charge is 2.13. The second-order valence-electron chi connectivity index (χ2n) is 8.05. The van der Waals surface area contributed by atoms with Gasteiger partial charge in [0.1, 0.15) is 11.6 Å². The van der Waals surface area contributed by atoms with Gasteiger partial charge in [-0.25, -0.2) is 0 Å². The van der Waals surface area contributed by atoms with Crippen LogP contribution >= 0.6 is 0 Å². The number of benzene rings is 2. The Bertz CT molecular complexity index is 902. The first-order chi connectivity index (χ1) is 16.8. The lowest BCUT2D eigenvalue weighted by atomic mass is 10.0. The standard InChI is InChI=1S/C15H16N2O.C8H16N2.C4H9NO2/c1-18-14-4-2-3-12(10-14)9-11-5-7-13(8-6-11)15(16)17;1-3-5-10-6-4-9-8(2)7-10;1-2-7-4(6)3-5/h2-8,10H,9H2,1H3,(H3,16,17);3,8-9H,1,4-7H2,2H3;2-3,5H2,1H3. The molecule has 1 aliphatic rings. The summed E-state index contributed by atoms with van der Waals surface area (Å²) in [6.45, 7) is 12.5. The average Bonchev–Trinajstić information content (AvgIpc) is 2.86. The number of ether oxygens (including phenoxy) is 2. The zero-order valence-electron chi connectivity index (χ0n) is 21.3. The Morgan fingerprint density at radius 3 is 2.49 bits per heavy atom. The summed E-state index contributed by atoms with van der Waals surface area (Å²) in [4.78, 5) is 12.5.